The first-order valence-corrected chi connectivity index (χ1v) is 10.9. The van der Waals surface area contributed by atoms with E-state index >= 15 is 0 Å². The third-order valence-electron chi connectivity index (χ3n) is 4.87. The lowest BCUT2D eigenvalue weighted by Gasteiger charge is -2.28. The van der Waals surface area contributed by atoms with Crippen molar-refractivity contribution in [3.8, 4) is 0 Å². The van der Waals surface area contributed by atoms with Gasteiger partial charge in [-0.15, -0.1) is 0 Å². The average molecular weight is 475 g/mol. The molecule has 0 aliphatic rings. The minimum absolute atomic E-state index is 0.116. The third-order valence-corrected chi connectivity index (χ3v) is 5.40. The Bertz CT molecular complexity index is 828. The van der Waals surface area contributed by atoms with E-state index in [2.05, 4.69) is 15.9 Å². The van der Waals surface area contributed by atoms with Crippen LogP contribution in [-0.2, 0) is 25.5 Å². The first-order chi connectivity index (χ1) is 14.4. The Morgan fingerprint density at radius 3 is 1.97 bits per heavy atom. The van der Waals surface area contributed by atoms with Gasteiger partial charge in [0.05, 0.1) is 13.2 Å². The van der Waals surface area contributed by atoms with Crippen LogP contribution in [0.1, 0.15) is 49.0 Å². The fraction of sp³-hybridized carbons (Fsp3) is 0.375. The summed E-state index contributed by atoms with van der Waals surface area (Å²) in [6.07, 6.45) is 1.09. The van der Waals surface area contributed by atoms with Crippen LogP contribution in [0.2, 0.25) is 0 Å². The van der Waals surface area contributed by atoms with Crippen LogP contribution in [0.4, 0.5) is 0 Å². The average Bonchev–Trinajstić information content (AvgIpc) is 2.74. The normalized spacial score (nSPS) is 11.0. The van der Waals surface area contributed by atoms with Crippen LogP contribution in [-0.4, -0.2) is 30.9 Å². The van der Waals surface area contributed by atoms with Crippen molar-refractivity contribution in [1.82, 2.24) is 0 Å². The van der Waals surface area contributed by atoms with E-state index in [-0.39, 0.29) is 31.8 Å². The number of aryl methyl sites for hydroxylation is 1. The van der Waals surface area contributed by atoms with E-state index < -0.39 is 17.4 Å². The molecule has 0 aromatic heterocycles. The molecule has 6 heteroatoms. The highest BCUT2D eigenvalue weighted by Gasteiger charge is 2.50. The molecule has 0 radical (unpaired) electrons. The molecule has 0 aliphatic carbocycles. The maximum atomic E-state index is 13.0. The summed E-state index contributed by atoms with van der Waals surface area (Å²) in [5.41, 5.74) is -0.136. The number of esters is 2. The van der Waals surface area contributed by atoms with Crippen molar-refractivity contribution >= 4 is 33.7 Å². The minimum atomic E-state index is -1.66. The number of hydrogen-bond donors (Lipinski definition) is 0. The van der Waals surface area contributed by atoms with Gasteiger partial charge in [-0.05, 0) is 50.8 Å². The van der Waals surface area contributed by atoms with Gasteiger partial charge in [0.1, 0.15) is 0 Å². The maximum absolute atomic E-state index is 13.0. The SMILES string of the molecule is CCOC(=O)C(CCCc1ccccc1)(CC(=O)c1ccc(Br)cc1)C(=O)OCC. The largest absolute Gasteiger partial charge is 0.465 e. The summed E-state index contributed by atoms with van der Waals surface area (Å²) < 4.78 is 11.3. The van der Waals surface area contributed by atoms with Crippen molar-refractivity contribution in [3.05, 3.63) is 70.2 Å². The quantitative estimate of drug-likeness (QED) is 0.255. The molecule has 30 heavy (non-hydrogen) atoms. The Balaban J connectivity index is 2.30. The maximum Gasteiger partial charge on any atom is 0.323 e. The van der Waals surface area contributed by atoms with Gasteiger partial charge < -0.3 is 9.47 Å². The molecule has 0 heterocycles. The molecule has 0 aliphatic heterocycles. The Morgan fingerprint density at radius 2 is 1.43 bits per heavy atom. The minimum Gasteiger partial charge on any atom is -0.465 e. The van der Waals surface area contributed by atoms with Gasteiger partial charge >= 0.3 is 11.9 Å². The van der Waals surface area contributed by atoms with E-state index in [1.54, 1.807) is 38.1 Å². The first-order valence-electron chi connectivity index (χ1n) is 10.1. The molecule has 0 fully saturated rings. The molecule has 0 N–H and O–H groups in total. The van der Waals surface area contributed by atoms with E-state index in [0.29, 0.717) is 18.4 Å². The summed E-state index contributed by atoms with van der Waals surface area (Å²) in [6, 6.07) is 16.6. The molecular weight excluding hydrogens is 448 g/mol. The van der Waals surface area contributed by atoms with Gasteiger partial charge in [0.15, 0.2) is 11.2 Å². The van der Waals surface area contributed by atoms with Gasteiger partial charge in [0.2, 0.25) is 0 Å². The predicted octanol–water partition coefficient (Wildman–Crippen LogP) is 5.16. The summed E-state index contributed by atoms with van der Waals surface area (Å²) >= 11 is 3.34. The van der Waals surface area contributed by atoms with Gasteiger partial charge in [0, 0.05) is 16.5 Å². The molecule has 2 aromatic rings. The molecular formula is C24H27BrO5. The van der Waals surface area contributed by atoms with Crippen LogP contribution < -0.4 is 0 Å². The highest BCUT2D eigenvalue weighted by atomic mass is 79.9. The Hall–Kier alpha value is -2.47. The zero-order chi connectivity index (χ0) is 22.0. The van der Waals surface area contributed by atoms with Crippen LogP contribution in [0.15, 0.2) is 59.1 Å². The number of halogens is 1. The summed E-state index contributed by atoms with van der Waals surface area (Å²) in [4.78, 5) is 38.9. The molecule has 160 valence electrons. The van der Waals surface area contributed by atoms with Crippen molar-refractivity contribution in [2.24, 2.45) is 5.41 Å². The lowest BCUT2D eigenvalue weighted by Crippen LogP contribution is -2.44. The molecule has 0 spiro atoms. The second-order valence-electron chi connectivity index (χ2n) is 6.97. The van der Waals surface area contributed by atoms with Crippen LogP contribution in [0.25, 0.3) is 0 Å². The lowest BCUT2D eigenvalue weighted by molar-refractivity contribution is -0.172. The fourth-order valence-electron chi connectivity index (χ4n) is 3.31. The molecule has 0 saturated heterocycles. The standard InChI is InChI=1S/C24H27BrO5/c1-3-29-22(27)24(23(28)30-4-2,16-8-11-18-9-6-5-7-10-18)17-21(26)19-12-14-20(25)15-13-19/h5-7,9-10,12-15H,3-4,8,11,16-17H2,1-2H3. The van der Waals surface area contributed by atoms with Crippen molar-refractivity contribution in [3.63, 3.8) is 0 Å². The molecule has 0 amide bonds. The van der Waals surface area contributed by atoms with Gasteiger partial charge in [-0.1, -0.05) is 58.4 Å². The topological polar surface area (TPSA) is 69.7 Å². The number of rotatable bonds is 11. The van der Waals surface area contributed by atoms with Crippen molar-refractivity contribution in [2.75, 3.05) is 13.2 Å². The fourth-order valence-corrected chi connectivity index (χ4v) is 3.57. The van der Waals surface area contributed by atoms with Gasteiger partial charge in [0.25, 0.3) is 0 Å². The number of hydrogen-bond acceptors (Lipinski definition) is 5. The number of carbonyl (C=O) groups is 3. The van der Waals surface area contributed by atoms with Crippen molar-refractivity contribution < 1.29 is 23.9 Å². The molecule has 2 rings (SSSR count). The number of carbonyl (C=O) groups excluding carboxylic acids is 3. The molecule has 2 aromatic carbocycles. The third kappa shape index (κ3) is 6.26. The van der Waals surface area contributed by atoms with Crippen molar-refractivity contribution in [1.29, 1.82) is 0 Å². The number of ether oxygens (including phenoxy) is 2. The van der Waals surface area contributed by atoms with E-state index in [0.717, 1.165) is 10.0 Å². The van der Waals surface area contributed by atoms with E-state index in [1.807, 2.05) is 30.3 Å². The molecule has 0 atom stereocenters. The zero-order valence-corrected chi connectivity index (χ0v) is 18.9. The van der Waals surface area contributed by atoms with Gasteiger partial charge in [-0.25, -0.2) is 0 Å². The van der Waals surface area contributed by atoms with Crippen molar-refractivity contribution in [2.45, 2.75) is 39.5 Å². The highest BCUT2D eigenvalue weighted by molar-refractivity contribution is 9.10. The Morgan fingerprint density at radius 1 is 0.867 bits per heavy atom. The molecule has 5 nitrogen and oxygen atoms in total. The lowest BCUT2D eigenvalue weighted by atomic mass is 9.76. The summed E-state index contributed by atoms with van der Waals surface area (Å²) in [6.45, 7) is 3.58. The summed E-state index contributed by atoms with van der Waals surface area (Å²) in [7, 11) is 0. The number of Topliss-reactive ketones (excluding diaryl/α,β-unsaturated/α-hetero) is 1. The van der Waals surface area contributed by atoms with E-state index in [4.69, 9.17) is 9.47 Å². The second kappa shape index (κ2) is 11.6. The van der Waals surface area contributed by atoms with Crippen LogP contribution in [0.5, 0.6) is 0 Å². The monoisotopic (exact) mass is 474 g/mol. The molecule has 0 unspecified atom stereocenters. The first kappa shape index (κ1) is 23.8. The van der Waals surface area contributed by atoms with E-state index in [1.165, 1.54) is 0 Å². The number of benzene rings is 2. The smallest absolute Gasteiger partial charge is 0.323 e. The molecule has 0 saturated carbocycles. The Kier molecular flexibility index (Phi) is 9.24. The predicted molar refractivity (Wildman–Crippen MR) is 118 cm³/mol. The van der Waals surface area contributed by atoms with Gasteiger partial charge in [-0.3, -0.25) is 14.4 Å². The van der Waals surface area contributed by atoms with Crippen LogP contribution in [0, 0.1) is 5.41 Å². The summed E-state index contributed by atoms with van der Waals surface area (Å²) in [5.74, 6) is -1.72. The van der Waals surface area contributed by atoms with Crippen LogP contribution >= 0.6 is 15.9 Å². The number of ketones is 1. The van der Waals surface area contributed by atoms with Gasteiger partial charge in [-0.2, -0.15) is 0 Å². The highest BCUT2D eigenvalue weighted by Crippen LogP contribution is 2.34. The second-order valence-corrected chi connectivity index (χ2v) is 7.88. The van der Waals surface area contributed by atoms with E-state index in [9.17, 15) is 14.4 Å². The molecule has 0 bridgehead atoms. The Labute approximate surface area is 185 Å². The van der Waals surface area contributed by atoms with Crippen LogP contribution in [0.3, 0.4) is 0 Å². The zero-order valence-electron chi connectivity index (χ0n) is 17.4. The summed E-state index contributed by atoms with van der Waals surface area (Å²) in [5, 5.41) is 0.